The normalized spacial score (nSPS) is 21.1. The Labute approximate surface area is 119 Å². The lowest BCUT2D eigenvalue weighted by molar-refractivity contribution is -0.0225. The zero-order valence-electron chi connectivity index (χ0n) is 12.7. The molecule has 2 rings (SSSR count). The van der Waals surface area contributed by atoms with Gasteiger partial charge in [-0.1, -0.05) is 69.2 Å². The van der Waals surface area contributed by atoms with Gasteiger partial charge >= 0.3 is 0 Å². The fourth-order valence-corrected chi connectivity index (χ4v) is 5.71. The Hall–Kier alpha value is -0.603. The summed E-state index contributed by atoms with van der Waals surface area (Å²) in [5.41, 5.74) is 0.552. The average Bonchev–Trinajstić information content (AvgIpc) is 2.39. The van der Waals surface area contributed by atoms with Gasteiger partial charge in [-0.15, -0.1) is 0 Å². The van der Waals surface area contributed by atoms with Crippen LogP contribution in [0.4, 0.5) is 0 Å². The van der Waals surface area contributed by atoms with Gasteiger partial charge in [0.05, 0.1) is 5.60 Å². The quantitative estimate of drug-likeness (QED) is 0.784. The van der Waals surface area contributed by atoms with E-state index in [1.807, 2.05) is 6.07 Å². The summed E-state index contributed by atoms with van der Waals surface area (Å²) >= 11 is 0. The highest BCUT2D eigenvalue weighted by molar-refractivity contribution is 6.76. The van der Waals surface area contributed by atoms with Gasteiger partial charge in [-0.25, -0.2) is 0 Å². The molecule has 1 aliphatic rings. The van der Waals surface area contributed by atoms with Crippen molar-refractivity contribution in [2.24, 2.45) is 5.92 Å². The fourth-order valence-electron chi connectivity index (χ4n) is 3.60. The van der Waals surface area contributed by atoms with Crippen LogP contribution in [0.2, 0.25) is 25.7 Å². The van der Waals surface area contributed by atoms with Gasteiger partial charge in [0.25, 0.3) is 0 Å². The van der Waals surface area contributed by atoms with E-state index < -0.39 is 13.7 Å². The molecule has 1 aromatic rings. The van der Waals surface area contributed by atoms with E-state index >= 15 is 0 Å². The van der Waals surface area contributed by atoms with Crippen LogP contribution in [0.5, 0.6) is 0 Å². The second-order valence-electron chi connectivity index (χ2n) is 7.36. The van der Waals surface area contributed by atoms with Crippen LogP contribution in [0.25, 0.3) is 0 Å². The maximum absolute atomic E-state index is 11.5. The van der Waals surface area contributed by atoms with Crippen LogP contribution in [0.15, 0.2) is 30.3 Å². The molecule has 0 spiro atoms. The molecule has 0 aromatic heterocycles. The molecule has 1 atom stereocenters. The smallest absolute Gasteiger partial charge is 0.0901 e. The van der Waals surface area contributed by atoms with Gasteiger partial charge in [0, 0.05) is 8.07 Å². The van der Waals surface area contributed by atoms with Gasteiger partial charge in [-0.05, 0) is 30.4 Å². The summed E-state index contributed by atoms with van der Waals surface area (Å²) in [4.78, 5) is 0. The standard InChI is InChI=1S/C17H28OSi/c1-19(2,3)14-17(18,15-10-6-4-7-11-15)16-12-8-5-9-13-16/h4,6-7,10-11,16,18H,5,8-9,12-14H2,1-3H3. The lowest BCUT2D eigenvalue weighted by Crippen LogP contribution is -2.42. The average molecular weight is 276 g/mol. The second kappa shape index (κ2) is 5.80. The summed E-state index contributed by atoms with van der Waals surface area (Å²) in [5, 5.41) is 11.5. The molecule has 1 fully saturated rings. The zero-order valence-corrected chi connectivity index (χ0v) is 13.7. The molecule has 0 saturated heterocycles. The van der Waals surface area contributed by atoms with Crippen LogP contribution in [0.3, 0.4) is 0 Å². The summed E-state index contributed by atoms with van der Waals surface area (Å²) < 4.78 is 0. The molecule has 0 bridgehead atoms. The Balaban J connectivity index is 2.31. The molecule has 0 amide bonds. The Kier molecular flexibility index (Phi) is 4.52. The lowest BCUT2D eigenvalue weighted by Gasteiger charge is -2.42. The molecule has 106 valence electrons. The minimum atomic E-state index is -1.31. The van der Waals surface area contributed by atoms with Crippen molar-refractivity contribution < 1.29 is 5.11 Å². The Morgan fingerprint density at radius 2 is 1.63 bits per heavy atom. The van der Waals surface area contributed by atoms with Crippen molar-refractivity contribution in [2.75, 3.05) is 0 Å². The SMILES string of the molecule is C[Si](C)(C)CC(O)(c1ccccc1)C1CCCCC1. The summed E-state index contributed by atoms with van der Waals surface area (Å²) in [6.07, 6.45) is 6.29. The van der Waals surface area contributed by atoms with E-state index in [9.17, 15) is 5.11 Å². The van der Waals surface area contributed by atoms with Gasteiger partial charge in [0.2, 0.25) is 0 Å². The number of rotatable bonds is 4. The molecule has 1 saturated carbocycles. The Morgan fingerprint density at radius 1 is 1.05 bits per heavy atom. The minimum absolute atomic E-state index is 0.454. The van der Waals surface area contributed by atoms with Crippen LogP contribution in [0.1, 0.15) is 37.7 Å². The van der Waals surface area contributed by atoms with Crippen molar-refractivity contribution >= 4 is 8.07 Å². The minimum Gasteiger partial charge on any atom is -0.385 e. The van der Waals surface area contributed by atoms with Crippen LogP contribution in [-0.4, -0.2) is 13.2 Å². The molecule has 2 heteroatoms. The maximum atomic E-state index is 11.5. The van der Waals surface area contributed by atoms with Crippen molar-refractivity contribution in [1.82, 2.24) is 0 Å². The molecule has 0 aliphatic heterocycles. The predicted octanol–water partition coefficient (Wildman–Crippen LogP) is 4.79. The molecule has 1 aliphatic carbocycles. The van der Waals surface area contributed by atoms with Crippen LogP contribution < -0.4 is 0 Å². The van der Waals surface area contributed by atoms with Crippen LogP contribution in [0, 0.1) is 5.92 Å². The molecule has 1 N–H and O–H groups in total. The van der Waals surface area contributed by atoms with Crippen molar-refractivity contribution in [2.45, 2.75) is 63.4 Å². The van der Waals surface area contributed by atoms with E-state index in [0.717, 1.165) is 11.6 Å². The monoisotopic (exact) mass is 276 g/mol. The van der Waals surface area contributed by atoms with Crippen molar-refractivity contribution in [1.29, 1.82) is 0 Å². The van der Waals surface area contributed by atoms with E-state index in [1.54, 1.807) is 0 Å². The van der Waals surface area contributed by atoms with Gasteiger partial charge in [0.1, 0.15) is 0 Å². The first-order chi connectivity index (χ1) is 8.92. The molecule has 1 aromatic carbocycles. The van der Waals surface area contributed by atoms with Crippen molar-refractivity contribution in [3.8, 4) is 0 Å². The summed E-state index contributed by atoms with van der Waals surface area (Å²) in [7, 11) is -1.31. The number of aliphatic hydroxyl groups is 1. The highest BCUT2D eigenvalue weighted by Crippen LogP contribution is 2.44. The Morgan fingerprint density at radius 3 is 2.16 bits per heavy atom. The zero-order chi connectivity index (χ0) is 13.9. The van der Waals surface area contributed by atoms with Crippen LogP contribution >= 0.6 is 0 Å². The second-order valence-corrected chi connectivity index (χ2v) is 12.8. The van der Waals surface area contributed by atoms with Gasteiger partial charge in [-0.2, -0.15) is 0 Å². The third-order valence-corrected chi connectivity index (χ3v) is 5.95. The van der Waals surface area contributed by atoms with E-state index in [4.69, 9.17) is 0 Å². The number of hydrogen-bond acceptors (Lipinski definition) is 1. The molecule has 0 radical (unpaired) electrons. The summed E-state index contributed by atoms with van der Waals surface area (Å²) in [6.45, 7) is 7.09. The van der Waals surface area contributed by atoms with Crippen LogP contribution in [-0.2, 0) is 5.60 Å². The molecule has 1 unspecified atom stereocenters. The predicted molar refractivity (Wildman–Crippen MR) is 85.1 cm³/mol. The molecular weight excluding hydrogens is 248 g/mol. The van der Waals surface area contributed by atoms with E-state index in [-0.39, 0.29) is 0 Å². The lowest BCUT2D eigenvalue weighted by atomic mass is 9.74. The van der Waals surface area contributed by atoms with Gasteiger partial charge in [-0.3, -0.25) is 0 Å². The molecule has 1 nitrogen and oxygen atoms in total. The maximum Gasteiger partial charge on any atom is 0.0901 e. The summed E-state index contributed by atoms with van der Waals surface area (Å²) in [6, 6.07) is 11.4. The van der Waals surface area contributed by atoms with E-state index in [0.29, 0.717) is 5.92 Å². The molecule has 19 heavy (non-hydrogen) atoms. The highest BCUT2D eigenvalue weighted by atomic mass is 28.3. The highest BCUT2D eigenvalue weighted by Gasteiger charge is 2.41. The summed E-state index contributed by atoms with van der Waals surface area (Å²) in [5.74, 6) is 0.454. The largest absolute Gasteiger partial charge is 0.385 e. The molecular formula is C17H28OSi. The first kappa shape index (κ1) is 14.8. The van der Waals surface area contributed by atoms with Crippen molar-refractivity contribution in [3.05, 3.63) is 35.9 Å². The van der Waals surface area contributed by atoms with E-state index in [2.05, 4.69) is 43.9 Å². The third-order valence-electron chi connectivity index (χ3n) is 4.35. The topological polar surface area (TPSA) is 20.2 Å². The number of hydrogen-bond donors (Lipinski definition) is 1. The van der Waals surface area contributed by atoms with E-state index in [1.165, 1.54) is 32.1 Å². The fraction of sp³-hybridized carbons (Fsp3) is 0.647. The Bertz CT molecular complexity index is 389. The van der Waals surface area contributed by atoms with Gasteiger partial charge in [0.15, 0.2) is 0 Å². The third kappa shape index (κ3) is 3.70. The number of benzene rings is 1. The van der Waals surface area contributed by atoms with Gasteiger partial charge < -0.3 is 5.11 Å². The first-order valence-electron chi connectivity index (χ1n) is 7.70. The molecule has 0 heterocycles. The van der Waals surface area contributed by atoms with Crippen molar-refractivity contribution in [3.63, 3.8) is 0 Å². The first-order valence-corrected chi connectivity index (χ1v) is 11.4.